The van der Waals surface area contributed by atoms with Crippen molar-refractivity contribution in [2.24, 2.45) is 17.3 Å². The maximum absolute atomic E-state index is 14.5. The fourth-order valence-corrected chi connectivity index (χ4v) is 6.87. The second-order valence-electron chi connectivity index (χ2n) is 14.2. The molecule has 1 N–H and O–H groups in total. The van der Waals surface area contributed by atoms with Crippen LogP contribution in [0.2, 0.25) is 0 Å². The van der Waals surface area contributed by atoms with Gasteiger partial charge < -0.3 is 24.6 Å². The first-order chi connectivity index (χ1) is 22.5. The van der Waals surface area contributed by atoms with E-state index in [1.807, 2.05) is 86.3 Å². The number of amides is 3. The number of nitrogens with one attached hydrogen (secondary N) is 1. The standard InChI is InChI=1S/C38H46N4O5/c1-6-24-18-30(24)40-36(44)33-20-27(23-42(33)37(45)29(38(2,3)4)21-35(43)41-16-10-11-17-41)47-34-22-31(25-12-8-7-9-13-25)39-32-19-26(46-5)14-15-28(32)34/h6-9,12-15,19,22,24,27,29-30,33H,1,10-11,16-18,20-21,23H2,2-5H3,(H,40,44)/t24?,27-,29-,30?,33+/m1/s1. The molecule has 0 radical (unpaired) electrons. The van der Waals surface area contributed by atoms with Crippen LogP contribution in [0.1, 0.15) is 52.9 Å². The Morgan fingerprint density at radius 3 is 2.47 bits per heavy atom. The Hall–Kier alpha value is -4.40. The molecule has 3 aromatic rings. The SMILES string of the molecule is C=CC1CC1NC(=O)[C@@H]1C[C@@H](Oc2cc(-c3ccccc3)nc3cc(OC)ccc23)CN1C(=O)[C@@H](CC(=O)N1CCCC1)C(C)(C)C. The summed E-state index contributed by atoms with van der Waals surface area (Å²) in [6, 6.07) is 16.8. The zero-order chi connectivity index (χ0) is 33.3. The lowest BCUT2D eigenvalue weighted by molar-refractivity contribution is -0.148. The zero-order valence-corrected chi connectivity index (χ0v) is 27.9. The highest BCUT2D eigenvalue weighted by molar-refractivity contribution is 5.92. The van der Waals surface area contributed by atoms with Gasteiger partial charge in [0.2, 0.25) is 17.7 Å². The number of carbonyl (C=O) groups excluding carboxylic acids is 3. The third-order valence-corrected chi connectivity index (χ3v) is 9.84. The number of aromatic nitrogens is 1. The molecule has 1 aromatic heterocycles. The van der Waals surface area contributed by atoms with Crippen molar-refractivity contribution >= 4 is 28.6 Å². The highest BCUT2D eigenvalue weighted by atomic mass is 16.5. The van der Waals surface area contributed by atoms with Crippen LogP contribution >= 0.6 is 0 Å². The van der Waals surface area contributed by atoms with E-state index < -0.39 is 23.5 Å². The largest absolute Gasteiger partial charge is 0.497 e. The van der Waals surface area contributed by atoms with Crippen LogP contribution in [0.25, 0.3) is 22.2 Å². The number of carbonyl (C=O) groups is 3. The van der Waals surface area contributed by atoms with Gasteiger partial charge in [-0.25, -0.2) is 4.98 Å². The molecule has 2 aromatic carbocycles. The van der Waals surface area contributed by atoms with E-state index in [9.17, 15) is 14.4 Å². The predicted molar refractivity (Wildman–Crippen MR) is 182 cm³/mol. The highest BCUT2D eigenvalue weighted by Crippen LogP contribution is 2.38. The van der Waals surface area contributed by atoms with Gasteiger partial charge in [-0.3, -0.25) is 14.4 Å². The summed E-state index contributed by atoms with van der Waals surface area (Å²) in [4.78, 5) is 50.0. The molecular weight excluding hydrogens is 592 g/mol. The lowest BCUT2D eigenvalue weighted by Crippen LogP contribution is -2.51. The van der Waals surface area contributed by atoms with Gasteiger partial charge in [0.15, 0.2) is 0 Å². The second-order valence-corrected chi connectivity index (χ2v) is 14.2. The van der Waals surface area contributed by atoms with Gasteiger partial charge in [-0.15, -0.1) is 6.58 Å². The Morgan fingerprint density at radius 1 is 1.06 bits per heavy atom. The number of rotatable bonds is 10. The minimum Gasteiger partial charge on any atom is -0.497 e. The normalized spacial score (nSPS) is 23.0. The first-order valence-corrected chi connectivity index (χ1v) is 16.8. The Labute approximate surface area is 277 Å². The topological polar surface area (TPSA) is 101 Å². The fourth-order valence-electron chi connectivity index (χ4n) is 6.87. The van der Waals surface area contributed by atoms with Gasteiger partial charge in [0.1, 0.15) is 23.6 Å². The molecule has 3 heterocycles. The van der Waals surface area contributed by atoms with Crippen molar-refractivity contribution in [1.82, 2.24) is 20.1 Å². The van der Waals surface area contributed by atoms with Gasteiger partial charge in [0.05, 0.1) is 30.8 Å². The minimum atomic E-state index is -0.716. The summed E-state index contributed by atoms with van der Waals surface area (Å²) < 4.78 is 12.2. The Balaban J connectivity index is 1.31. The molecule has 3 aliphatic rings. The van der Waals surface area contributed by atoms with Gasteiger partial charge >= 0.3 is 0 Å². The molecule has 3 amide bonds. The van der Waals surface area contributed by atoms with E-state index in [1.54, 1.807) is 12.0 Å². The molecule has 248 valence electrons. The number of nitrogens with zero attached hydrogens (tertiary/aromatic N) is 3. The Morgan fingerprint density at radius 2 is 1.81 bits per heavy atom. The van der Waals surface area contributed by atoms with Crippen molar-refractivity contribution in [3.8, 4) is 22.8 Å². The third kappa shape index (κ3) is 7.14. The molecule has 2 saturated heterocycles. The summed E-state index contributed by atoms with van der Waals surface area (Å²) in [6.07, 6.45) is 4.69. The minimum absolute atomic E-state index is 0.00250. The van der Waals surface area contributed by atoms with E-state index in [-0.39, 0.29) is 42.6 Å². The molecule has 1 aliphatic carbocycles. The summed E-state index contributed by atoms with van der Waals surface area (Å²) in [7, 11) is 1.62. The number of methoxy groups -OCH3 is 1. The Bertz CT molecular complexity index is 1650. The molecule has 1 saturated carbocycles. The van der Waals surface area contributed by atoms with Crippen molar-refractivity contribution in [1.29, 1.82) is 0 Å². The molecule has 9 nitrogen and oxygen atoms in total. The van der Waals surface area contributed by atoms with Crippen molar-refractivity contribution in [2.75, 3.05) is 26.7 Å². The van der Waals surface area contributed by atoms with E-state index in [2.05, 4.69) is 11.9 Å². The first-order valence-electron chi connectivity index (χ1n) is 16.8. The second kappa shape index (κ2) is 13.4. The monoisotopic (exact) mass is 638 g/mol. The number of fused-ring (bicyclic) bond motifs is 1. The molecule has 0 spiro atoms. The van der Waals surface area contributed by atoms with Crippen LogP contribution in [0.5, 0.6) is 11.5 Å². The molecule has 2 aliphatic heterocycles. The first kappa shape index (κ1) is 32.5. The molecule has 0 bridgehead atoms. The van der Waals surface area contributed by atoms with Gasteiger partial charge in [-0.2, -0.15) is 0 Å². The highest BCUT2D eigenvalue weighted by Gasteiger charge is 2.47. The van der Waals surface area contributed by atoms with E-state index in [0.717, 1.165) is 54.5 Å². The fraction of sp³-hybridized carbons (Fsp3) is 0.474. The lowest BCUT2D eigenvalue weighted by atomic mass is 9.77. The summed E-state index contributed by atoms with van der Waals surface area (Å²) >= 11 is 0. The van der Waals surface area contributed by atoms with Gasteiger partial charge in [0, 0.05) is 55.1 Å². The van der Waals surface area contributed by atoms with Crippen molar-refractivity contribution in [3.63, 3.8) is 0 Å². The predicted octanol–water partition coefficient (Wildman–Crippen LogP) is 5.62. The van der Waals surface area contributed by atoms with E-state index in [1.165, 1.54) is 0 Å². The molecular formula is C38H46N4O5. The molecule has 3 fully saturated rings. The summed E-state index contributed by atoms with van der Waals surface area (Å²) in [6.45, 7) is 11.6. The third-order valence-electron chi connectivity index (χ3n) is 9.84. The quantitative estimate of drug-likeness (QED) is 0.289. The van der Waals surface area contributed by atoms with Crippen LogP contribution in [0.15, 0.2) is 67.3 Å². The van der Waals surface area contributed by atoms with Crippen LogP contribution in [-0.2, 0) is 14.4 Å². The van der Waals surface area contributed by atoms with Crippen molar-refractivity contribution in [3.05, 3.63) is 67.3 Å². The summed E-state index contributed by atoms with van der Waals surface area (Å²) in [5.41, 5.74) is 1.93. The van der Waals surface area contributed by atoms with Crippen LogP contribution < -0.4 is 14.8 Å². The van der Waals surface area contributed by atoms with E-state index >= 15 is 0 Å². The van der Waals surface area contributed by atoms with Crippen molar-refractivity contribution < 1.29 is 23.9 Å². The number of likely N-dealkylation sites (tertiary alicyclic amines) is 2. The number of hydrogen-bond donors (Lipinski definition) is 1. The molecule has 47 heavy (non-hydrogen) atoms. The van der Waals surface area contributed by atoms with Crippen molar-refractivity contribution in [2.45, 2.75) is 71.1 Å². The van der Waals surface area contributed by atoms with E-state index in [4.69, 9.17) is 14.5 Å². The van der Waals surface area contributed by atoms with E-state index in [0.29, 0.717) is 17.9 Å². The number of pyridine rings is 1. The number of ether oxygens (including phenoxy) is 2. The van der Waals surface area contributed by atoms with Crippen LogP contribution in [0.3, 0.4) is 0 Å². The summed E-state index contributed by atoms with van der Waals surface area (Å²) in [5.74, 6) is 0.612. The lowest BCUT2D eigenvalue weighted by Gasteiger charge is -2.35. The number of hydrogen-bond acceptors (Lipinski definition) is 6. The molecule has 9 heteroatoms. The molecule has 5 atom stereocenters. The van der Waals surface area contributed by atoms with Crippen LogP contribution in [0, 0.1) is 17.3 Å². The average molecular weight is 639 g/mol. The smallest absolute Gasteiger partial charge is 0.243 e. The van der Waals surface area contributed by atoms with Gasteiger partial charge in [-0.05, 0) is 42.7 Å². The van der Waals surface area contributed by atoms with Gasteiger partial charge in [-0.1, -0.05) is 57.2 Å². The average Bonchev–Trinajstić information content (AvgIpc) is 3.39. The zero-order valence-electron chi connectivity index (χ0n) is 27.9. The van der Waals surface area contributed by atoms with Crippen LogP contribution in [-0.4, -0.2) is 77.4 Å². The maximum Gasteiger partial charge on any atom is 0.243 e. The Kier molecular flexibility index (Phi) is 9.26. The number of benzene rings is 2. The van der Waals surface area contributed by atoms with Crippen LogP contribution in [0.4, 0.5) is 0 Å². The van der Waals surface area contributed by atoms with Gasteiger partial charge in [0.25, 0.3) is 0 Å². The molecule has 6 rings (SSSR count). The summed E-state index contributed by atoms with van der Waals surface area (Å²) in [5, 5.41) is 3.96. The maximum atomic E-state index is 14.5. The molecule has 2 unspecified atom stereocenters.